The maximum absolute atomic E-state index is 11.5. The Hall–Kier alpha value is -3.26. The lowest BCUT2D eigenvalue weighted by molar-refractivity contribution is -0.385. The Morgan fingerprint density at radius 3 is 2.52 bits per heavy atom. The Bertz CT molecular complexity index is 1160. The minimum Gasteiger partial charge on any atom is -0.502 e. The maximum atomic E-state index is 11.5. The Morgan fingerprint density at radius 2 is 1.82 bits per heavy atom. The van der Waals surface area contributed by atoms with Gasteiger partial charge in [-0.1, -0.05) is 41.9 Å². The quantitative estimate of drug-likeness (QED) is 0.297. The summed E-state index contributed by atoms with van der Waals surface area (Å²) in [5.41, 5.74) is 3.30. The van der Waals surface area contributed by atoms with E-state index in [2.05, 4.69) is 9.89 Å². The molecule has 0 bridgehead atoms. The van der Waals surface area contributed by atoms with E-state index in [9.17, 15) is 15.2 Å². The molecule has 0 aromatic heterocycles. The fourth-order valence-corrected chi connectivity index (χ4v) is 3.95. The summed E-state index contributed by atoms with van der Waals surface area (Å²) in [6, 6.07) is 18.2. The summed E-state index contributed by atoms with van der Waals surface area (Å²) in [4.78, 5) is 17.7. The third-order valence-electron chi connectivity index (χ3n) is 5.53. The van der Waals surface area contributed by atoms with Crippen LogP contribution < -0.4 is 0 Å². The van der Waals surface area contributed by atoms with E-state index in [4.69, 9.17) is 16.3 Å². The van der Waals surface area contributed by atoms with Gasteiger partial charge in [0, 0.05) is 42.5 Å². The van der Waals surface area contributed by atoms with E-state index < -0.39 is 10.7 Å². The molecule has 3 aromatic rings. The van der Waals surface area contributed by atoms with Crippen LogP contribution in [0.3, 0.4) is 0 Å². The van der Waals surface area contributed by atoms with Crippen molar-refractivity contribution in [3.05, 3.63) is 98.1 Å². The van der Waals surface area contributed by atoms with Gasteiger partial charge < -0.3 is 9.84 Å². The molecular formula is C25H24ClN3O4. The van der Waals surface area contributed by atoms with Crippen LogP contribution in [-0.4, -0.2) is 47.4 Å². The standard InChI is InChI=1S/C25H24ClN3O4/c26-23-4-2-1-3-20(23)13-19-14-21(25(30)24(15-19)29(31)32)16-27-22-7-5-18(6-8-22)17-28-9-11-33-12-10-28/h1-8,14-16,30H,9-13,17H2. The summed E-state index contributed by atoms with van der Waals surface area (Å²) in [7, 11) is 0. The van der Waals surface area contributed by atoms with E-state index in [1.807, 2.05) is 42.5 Å². The summed E-state index contributed by atoms with van der Waals surface area (Å²) < 4.78 is 5.38. The molecule has 1 N–H and O–H groups in total. The van der Waals surface area contributed by atoms with Crippen molar-refractivity contribution in [1.29, 1.82) is 0 Å². The molecule has 1 aliphatic rings. The molecule has 0 saturated carbocycles. The number of aliphatic imine (C=N–C) groups is 1. The first-order valence-electron chi connectivity index (χ1n) is 10.7. The lowest BCUT2D eigenvalue weighted by atomic mass is 10.0. The minimum absolute atomic E-state index is 0.281. The van der Waals surface area contributed by atoms with E-state index >= 15 is 0 Å². The molecule has 0 spiro atoms. The molecule has 4 rings (SSSR count). The zero-order chi connectivity index (χ0) is 23.2. The number of benzene rings is 3. The van der Waals surface area contributed by atoms with Gasteiger partial charge >= 0.3 is 5.69 Å². The fraction of sp³-hybridized carbons (Fsp3) is 0.240. The lowest BCUT2D eigenvalue weighted by Crippen LogP contribution is -2.35. The molecule has 1 aliphatic heterocycles. The number of aromatic hydroxyl groups is 1. The number of hydrogen-bond acceptors (Lipinski definition) is 6. The van der Waals surface area contributed by atoms with Gasteiger partial charge in [-0.25, -0.2) is 0 Å². The predicted molar refractivity (Wildman–Crippen MR) is 129 cm³/mol. The molecule has 170 valence electrons. The number of phenolic OH excluding ortho intramolecular Hbond substituents is 1. The largest absolute Gasteiger partial charge is 0.502 e. The summed E-state index contributed by atoms with van der Waals surface area (Å²) in [5.74, 6) is -0.407. The van der Waals surface area contributed by atoms with E-state index in [1.165, 1.54) is 17.8 Å². The molecule has 0 aliphatic carbocycles. The van der Waals surface area contributed by atoms with Crippen molar-refractivity contribution >= 4 is 29.2 Å². The first kappa shape index (κ1) is 22.9. The highest BCUT2D eigenvalue weighted by molar-refractivity contribution is 6.31. The molecule has 1 fully saturated rings. The van der Waals surface area contributed by atoms with Crippen LogP contribution in [0.15, 0.2) is 65.7 Å². The van der Waals surface area contributed by atoms with Crippen LogP contribution in [0.4, 0.5) is 11.4 Å². The highest BCUT2D eigenvalue weighted by Crippen LogP contribution is 2.32. The molecule has 0 unspecified atom stereocenters. The number of rotatable bonds is 7. The molecule has 8 heteroatoms. The molecule has 1 heterocycles. The molecule has 0 atom stereocenters. The monoisotopic (exact) mass is 465 g/mol. The Kier molecular flexibility index (Phi) is 7.34. The zero-order valence-electron chi connectivity index (χ0n) is 18.0. The number of ether oxygens (including phenoxy) is 1. The second-order valence-corrected chi connectivity index (χ2v) is 8.30. The molecule has 0 amide bonds. The van der Waals surface area contributed by atoms with Gasteiger partial charge in [0.2, 0.25) is 5.75 Å². The van der Waals surface area contributed by atoms with Crippen LogP contribution >= 0.6 is 11.6 Å². The highest BCUT2D eigenvalue weighted by atomic mass is 35.5. The van der Waals surface area contributed by atoms with Gasteiger partial charge in [0.05, 0.1) is 23.8 Å². The number of nitrogens with zero attached hydrogens (tertiary/aromatic N) is 3. The molecule has 0 radical (unpaired) electrons. The Labute approximate surface area is 197 Å². The van der Waals surface area contributed by atoms with Crippen molar-refractivity contribution in [3.63, 3.8) is 0 Å². The molecular weight excluding hydrogens is 442 g/mol. The average molecular weight is 466 g/mol. The van der Waals surface area contributed by atoms with E-state index in [1.54, 1.807) is 12.1 Å². The third kappa shape index (κ3) is 5.96. The molecule has 1 saturated heterocycles. The second-order valence-electron chi connectivity index (χ2n) is 7.89. The average Bonchev–Trinajstić information content (AvgIpc) is 2.82. The number of halogens is 1. The van der Waals surface area contributed by atoms with Crippen LogP contribution in [0, 0.1) is 10.1 Å². The topological polar surface area (TPSA) is 88.2 Å². The summed E-state index contributed by atoms with van der Waals surface area (Å²) in [5, 5.41) is 22.5. The van der Waals surface area contributed by atoms with Crippen LogP contribution in [0.1, 0.15) is 22.3 Å². The predicted octanol–water partition coefficient (Wildman–Crippen LogP) is 5.13. The Balaban J connectivity index is 1.54. The van der Waals surface area contributed by atoms with Gasteiger partial charge in [-0.2, -0.15) is 0 Å². The third-order valence-corrected chi connectivity index (χ3v) is 5.90. The fourth-order valence-electron chi connectivity index (χ4n) is 3.75. The number of nitro groups is 1. The van der Waals surface area contributed by atoms with Gasteiger partial charge in [-0.3, -0.25) is 20.0 Å². The lowest BCUT2D eigenvalue weighted by Gasteiger charge is -2.26. The second kappa shape index (κ2) is 10.6. The first-order chi connectivity index (χ1) is 16.0. The van der Waals surface area contributed by atoms with E-state index in [0.717, 1.165) is 38.4 Å². The van der Waals surface area contributed by atoms with Gasteiger partial charge in [-0.15, -0.1) is 0 Å². The van der Waals surface area contributed by atoms with Crippen molar-refractivity contribution in [2.24, 2.45) is 4.99 Å². The maximum Gasteiger partial charge on any atom is 0.311 e. The van der Waals surface area contributed by atoms with Gasteiger partial charge in [0.1, 0.15) is 0 Å². The SMILES string of the molecule is O=[N+]([O-])c1cc(Cc2ccccc2Cl)cc(C=Nc2ccc(CN3CCOCC3)cc2)c1O. The van der Waals surface area contributed by atoms with Crippen LogP contribution in [-0.2, 0) is 17.7 Å². The number of phenols is 1. The number of nitro benzene ring substituents is 1. The first-order valence-corrected chi connectivity index (χ1v) is 11.0. The molecule has 7 nitrogen and oxygen atoms in total. The van der Waals surface area contributed by atoms with Crippen molar-refractivity contribution in [2.45, 2.75) is 13.0 Å². The normalized spacial score (nSPS) is 14.6. The van der Waals surface area contributed by atoms with Crippen LogP contribution in [0.2, 0.25) is 5.02 Å². The molecule has 33 heavy (non-hydrogen) atoms. The van der Waals surface area contributed by atoms with Crippen LogP contribution in [0.25, 0.3) is 0 Å². The Morgan fingerprint density at radius 1 is 1.09 bits per heavy atom. The van der Waals surface area contributed by atoms with Gasteiger partial charge in [-0.05, 0) is 47.4 Å². The van der Waals surface area contributed by atoms with Crippen molar-refractivity contribution in [1.82, 2.24) is 4.90 Å². The van der Waals surface area contributed by atoms with Crippen molar-refractivity contribution in [3.8, 4) is 5.75 Å². The van der Waals surface area contributed by atoms with Crippen molar-refractivity contribution < 1.29 is 14.8 Å². The molecule has 3 aromatic carbocycles. The number of hydrogen-bond donors (Lipinski definition) is 1. The van der Waals surface area contributed by atoms with E-state index in [0.29, 0.717) is 22.7 Å². The highest BCUT2D eigenvalue weighted by Gasteiger charge is 2.19. The zero-order valence-corrected chi connectivity index (χ0v) is 18.7. The van der Waals surface area contributed by atoms with E-state index in [-0.39, 0.29) is 11.3 Å². The van der Waals surface area contributed by atoms with Gasteiger partial charge in [0.15, 0.2) is 0 Å². The smallest absolute Gasteiger partial charge is 0.311 e. The minimum atomic E-state index is -0.594. The van der Waals surface area contributed by atoms with Crippen molar-refractivity contribution in [2.75, 3.05) is 26.3 Å². The summed E-state index contributed by atoms with van der Waals surface area (Å²) >= 11 is 6.24. The summed E-state index contributed by atoms with van der Waals surface area (Å²) in [6.45, 7) is 4.20. The summed E-state index contributed by atoms with van der Waals surface area (Å²) in [6.07, 6.45) is 1.85. The number of morpholine rings is 1. The van der Waals surface area contributed by atoms with Gasteiger partial charge in [0.25, 0.3) is 0 Å². The van der Waals surface area contributed by atoms with Crippen LogP contribution in [0.5, 0.6) is 5.75 Å².